The summed E-state index contributed by atoms with van der Waals surface area (Å²) in [7, 11) is 0. The zero-order chi connectivity index (χ0) is 11.3. The van der Waals surface area contributed by atoms with Crippen LogP contribution < -0.4 is 5.32 Å². The topological polar surface area (TPSA) is 29.1 Å². The third-order valence-electron chi connectivity index (χ3n) is 3.76. The van der Waals surface area contributed by atoms with Gasteiger partial charge < -0.3 is 5.32 Å². The fourth-order valence-electron chi connectivity index (χ4n) is 2.68. The van der Waals surface area contributed by atoms with E-state index >= 15 is 0 Å². The molecule has 1 unspecified atom stereocenters. The van der Waals surface area contributed by atoms with Crippen LogP contribution in [0.4, 0.5) is 0 Å². The molecule has 1 aliphatic carbocycles. The fraction of sp³-hybridized carbons (Fsp3) is 0.417. The Morgan fingerprint density at radius 1 is 1.31 bits per heavy atom. The summed E-state index contributed by atoms with van der Waals surface area (Å²) in [5.41, 5.74) is 1.33. The zero-order valence-corrected chi connectivity index (χ0v) is 10.1. The molecule has 0 radical (unpaired) electrons. The van der Waals surface area contributed by atoms with Crippen molar-refractivity contribution in [2.75, 3.05) is 6.54 Å². The van der Waals surface area contributed by atoms with Crippen molar-refractivity contribution < 1.29 is 4.79 Å². The molecular formula is C12H11Cl2NO. The largest absolute Gasteiger partial charge is 0.355 e. The number of hydrogen-bond donors (Lipinski definition) is 1. The van der Waals surface area contributed by atoms with Crippen LogP contribution in [0.3, 0.4) is 0 Å². The first-order chi connectivity index (χ1) is 7.62. The van der Waals surface area contributed by atoms with Gasteiger partial charge in [-0.25, -0.2) is 0 Å². The summed E-state index contributed by atoms with van der Waals surface area (Å²) in [6, 6.07) is 5.78. The highest BCUT2D eigenvalue weighted by atomic mass is 35.5. The van der Waals surface area contributed by atoms with E-state index in [0.29, 0.717) is 22.4 Å². The molecule has 84 valence electrons. The summed E-state index contributed by atoms with van der Waals surface area (Å²) < 4.78 is 0. The number of carbonyl (C=O) groups is 1. The van der Waals surface area contributed by atoms with Gasteiger partial charge in [0.25, 0.3) is 0 Å². The second kappa shape index (κ2) is 3.38. The van der Waals surface area contributed by atoms with E-state index < -0.39 is 0 Å². The Bertz CT molecular complexity index is 474. The first-order valence-corrected chi connectivity index (χ1v) is 6.10. The molecule has 4 heteroatoms. The molecule has 2 nitrogen and oxygen atoms in total. The van der Waals surface area contributed by atoms with Crippen molar-refractivity contribution in [3.63, 3.8) is 0 Å². The first-order valence-electron chi connectivity index (χ1n) is 5.34. The Hall–Kier alpha value is -0.730. The van der Waals surface area contributed by atoms with Crippen molar-refractivity contribution >= 4 is 29.1 Å². The highest BCUT2D eigenvalue weighted by Crippen LogP contribution is 2.57. The number of piperidine rings is 1. The molecule has 1 aromatic rings. The monoisotopic (exact) mass is 255 g/mol. The van der Waals surface area contributed by atoms with Gasteiger partial charge in [-0.05, 0) is 30.0 Å². The van der Waals surface area contributed by atoms with Crippen LogP contribution in [0, 0.1) is 5.92 Å². The number of benzene rings is 1. The number of halogens is 2. The lowest BCUT2D eigenvalue weighted by atomic mass is 9.90. The van der Waals surface area contributed by atoms with Crippen molar-refractivity contribution in [1.82, 2.24) is 5.32 Å². The van der Waals surface area contributed by atoms with Gasteiger partial charge in [-0.1, -0.05) is 29.3 Å². The van der Waals surface area contributed by atoms with E-state index in [9.17, 15) is 4.79 Å². The molecule has 3 rings (SSSR count). The minimum absolute atomic E-state index is 0.127. The maximum Gasteiger partial charge on any atom is 0.220 e. The molecule has 1 N–H and O–H groups in total. The summed E-state index contributed by atoms with van der Waals surface area (Å²) in [5, 5.41) is 4.11. The second-order valence-electron chi connectivity index (χ2n) is 4.67. The summed E-state index contributed by atoms with van der Waals surface area (Å²) in [5.74, 6) is 0.650. The van der Waals surface area contributed by atoms with Gasteiger partial charge in [0.15, 0.2) is 0 Å². The molecule has 2 fully saturated rings. The van der Waals surface area contributed by atoms with Crippen LogP contribution in [0.2, 0.25) is 10.0 Å². The standard InChI is InChI=1S/C12H11Cl2NO/c13-9-2-1-7(3-10(9)14)12-5-8(12)4-11(16)15-6-12/h1-3,8H,4-6H2,(H,15,16)/t8-,12?/m1/s1. The number of fused-ring (bicyclic) bond motifs is 1. The molecule has 0 aromatic heterocycles. The molecular weight excluding hydrogens is 245 g/mol. The highest BCUT2D eigenvalue weighted by molar-refractivity contribution is 6.42. The van der Waals surface area contributed by atoms with Gasteiger partial charge in [0, 0.05) is 18.4 Å². The van der Waals surface area contributed by atoms with Crippen LogP contribution in [0.1, 0.15) is 18.4 Å². The predicted molar refractivity (Wildman–Crippen MR) is 63.9 cm³/mol. The van der Waals surface area contributed by atoms with Crippen LogP contribution in [0.25, 0.3) is 0 Å². The SMILES string of the molecule is O=C1C[C@@H]2CC2(c2ccc(Cl)c(Cl)c2)CN1. The van der Waals surface area contributed by atoms with E-state index in [2.05, 4.69) is 5.32 Å². The van der Waals surface area contributed by atoms with E-state index in [0.717, 1.165) is 13.0 Å². The van der Waals surface area contributed by atoms with Crippen LogP contribution in [-0.4, -0.2) is 12.5 Å². The average molecular weight is 256 g/mol. The number of rotatable bonds is 1. The Labute approximate surface area is 104 Å². The highest BCUT2D eigenvalue weighted by Gasteiger charge is 2.57. The van der Waals surface area contributed by atoms with Crippen LogP contribution in [0.15, 0.2) is 18.2 Å². The number of amides is 1. The molecule has 1 amide bonds. The summed E-state index contributed by atoms with van der Waals surface area (Å²) in [6.07, 6.45) is 1.71. The lowest BCUT2D eigenvalue weighted by molar-refractivity contribution is -0.122. The normalized spacial score (nSPS) is 31.9. The van der Waals surface area contributed by atoms with E-state index in [4.69, 9.17) is 23.2 Å². The van der Waals surface area contributed by atoms with Gasteiger partial charge >= 0.3 is 0 Å². The lowest BCUT2D eigenvalue weighted by Gasteiger charge is -2.23. The molecule has 1 saturated carbocycles. The van der Waals surface area contributed by atoms with Gasteiger partial charge in [0.05, 0.1) is 10.0 Å². The molecule has 1 aliphatic heterocycles. The van der Waals surface area contributed by atoms with Gasteiger partial charge in [0.2, 0.25) is 5.91 Å². The summed E-state index contributed by atoms with van der Waals surface area (Å²) >= 11 is 11.9. The molecule has 16 heavy (non-hydrogen) atoms. The molecule has 1 heterocycles. The van der Waals surface area contributed by atoms with Crippen LogP contribution >= 0.6 is 23.2 Å². The van der Waals surface area contributed by atoms with Crippen molar-refractivity contribution in [3.05, 3.63) is 33.8 Å². The number of nitrogens with one attached hydrogen (secondary N) is 1. The fourth-order valence-corrected chi connectivity index (χ4v) is 2.98. The van der Waals surface area contributed by atoms with Crippen molar-refractivity contribution in [3.8, 4) is 0 Å². The van der Waals surface area contributed by atoms with Crippen molar-refractivity contribution in [2.45, 2.75) is 18.3 Å². The molecule has 1 aromatic carbocycles. The Balaban J connectivity index is 1.94. The molecule has 0 spiro atoms. The summed E-state index contributed by atoms with van der Waals surface area (Å²) in [6.45, 7) is 0.731. The van der Waals surface area contributed by atoms with Crippen LogP contribution in [-0.2, 0) is 10.2 Å². The molecule has 2 aliphatic rings. The smallest absolute Gasteiger partial charge is 0.220 e. The number of carbonyl (C=O) groups excluding carboxylic acids is 1. The number of hydrogen-bond acceptors (Lipinski definition) is 1. The van der Waals surface area contributed by atoms with E-state index in [1.807, 2.05) is 18.2 Å². The van der Waals surface area contributed by atoms with Gasteiger partial charge in [0.1, 0.15) is 0 Å². The summed E-state index contributed by atoms with van der Waals surface area (Å²) in [4.78, 5) is 11.2. The minimum Gasteiger partial charge on any atom is -0.355 e. The van der Waals surface area contributed by atoms with Gasteiger partial charge in [-0.3, -0.25) is 4.79 Å². The Morgan fingerprint density at radius 3 is 2.81 bits per heavy atom. The Morgan fingerprint density at radius 2 is 2.12 bits per heavy atom. The lowest BCUT2D eigenvalue weighted by Crippen LogP contribution is -2.38. The zero-order valence-electron chi connectivity index (χ0n) is 8.59. The molecule has 1 saturated heterocycles. The maximum atomic E-state index is 11.2. The van der Waals surface area contributed by atoms with E-state index in [1.54, 1.807) is 0 Å². The average Bonchev–Trinajstić information content (AvgIpc) is 2.96. The van der Waals surface area contributed by atoms with E-state index in [-0.39, 0.29) is 11.3 Å². The molecule has 0 bridgehead atoms. The van der Waals surface area contributed by atoms with E-state index in [1.165, 1.54) is 5.56 Å². The molecule has 2 atom stereocenters. The second-order valence-corrected chi connectivity index (χ2v) is 5.48. The van der Waals surface area contributed by atoms with Crippen molar-refractivity contribution in [1.29, 1.82) is 0 Å². The predicted octanol–water partition coefficient (Wildman–Crippen LogP) is 2.77. The third-order valence-corrected chi connectivity index (χ3v) is 4.50. The van der Waals surface area contributed by atoms with Crippen LogP contribution in [0.5, 0.6) is 0 Å². The quantitative estimate of drug-likeness (QED) is 0.822. The third kappa shape index (κ3) is 1.44. The van der Waals surface area contributed by atoms with Gasteiger partial charge in [-0.2, -0.15) is 0 Å². The minimum atomic E-state index is 0.127. The van der Waals surface area contributed by atoms with Crippen molar-refractivity contribution in [2.24, 2.45) is 5.92 Å². The maximum absolute atomic E-state index is 11.2. The Kier molecular flexibility index (Phi) is 2.20. The van der Waals surface area contributed by atoms with Gasteiger partial charge in [-0.15, -0.1) is 0 Å². The first kappa shape index (κ1) is 10.4.